The molecule has 0 atom stereocenters. The molecule has 0 aliphatic rings. The van der Waals surface area contributed by atoms with Crippen molar-refractivity contribution in [3.05, 3.63) is 57.9 Å². The van der Waals surface area contributed by atoms with E-state index in [1.54, 1.807) is 19.1 Å². The predicted molar refractivity (Wildman–Crippen MR) is 75.6 cm³/mol. The van der Waals surface area contributed by atoms with E-state index < -0.39 is 29.8 Å². The third-order valence-electron chi connectivity index (χ3n) is 3.23. The Balaban J connectivity index is 2.11. The summed E-state index contributed by atoms with van der Waals surface area (Å²) in [5, 5.41) is 0. The van der Waals surface area contributed by atoms with Crippen molar-refractivity contribution in [2.45, 2.75) is 26.2 Å². The van der Waals surface area contributed by atoms with Gasteiger partial charge in [-0.25, -0.2) is 0 Å². The topological polar surface area (TPSA) is 55.5 Å². The highest BCUT2D eigenvalue weighted by atomic mass is 19.4. The maximum atomic E-state index is 12.7. The van der Waals surface area contributed by atoms with Gasteiger partial charge in [0.15, 0.2) is 0 Å². The zero-order chi connectivity index (χ0) is 17.2. The van der Waals surface area contributed by atoms with Gasteiger partial charge in [-0.3, -0.25) is 9.59 Å². The van der Waals surface area contributed by atoms with Crippen LogP contribution < -0.4 is 5.56 Å². The van der Waals surface area contributed by atoms with Crippen LogP contribution in [0, 0.1) is 6.92 Å². The zero-order valence-corrected chi connectivity index (χ0v) is 12.6. The molecule has 23 heavy (non-hydrogen) atoms. The number of likely N-dealkylation sites (N-methyl/N-ethyl adjacent to an activating group) is 1. The van der Waals surface area contributed by atoms with Crippen LogP contribution in [0.2, 0.25) is 0 Å². The molecule has 8 heteroatoms. The summed E-state index contributed by atoms with van der Waals surface area (Å²) < 4.78 is 44.1. The van der Waals surface area contributed by atoms with Crippen molar-refractivity contribution in [1.29, 1.82) is 0 Å². The first kappa shape index (κ1) is 16.9. The molecule has 0 aliphatic carbocycles. The molecule has 2 heterocycles. The molecule has 2 rings (SSSR count). The Morgan fingerprint density at radius 1 is 1.26 bits per heavy atom. The summed E-state index contributed by atoms with van der Waals surface area (Å²) in [5.41, 5.74) is -1.65. The quantitative estimate of drug-likeness (QED) is 0.866. The van der Waals surface area contributed by atoms with Gasteiger partial charge >= 0.3 is 6.18 Å². The van der Waals surface area contributed by atoms with Gasteiger partial charge in [0.25, 0.3) is 5.56 Å². The van der Waals surface area contributed by atoms with Crippen molar-refractivity contribution in [2.75, 3.05) is 7.05 Å². The molecular weight excluding hydrogens is 313 g/mol. The lowest BCUT2D eigenvalue weighted by molar-refractivity contribution is -0.138. The first-order chi connectivity index (χ1) is 10.7. The monoisotopic (exact) mass is 328 g/mol. The molecule has 0 saturated carbocycles. The Bertz CT molecular complexity index is 762. The number of pyridine rings is 1. The molecule has 0 bridgehead atoms. The molecule has 0 N–H and O–H groups in total. The lowest BCUT2D eigenvalue weighted by Gasteiger charge is -2.17. The second-order valence-electron chi connectivity index (χ2n) is 5.14. The number of hydrogen-bond donors (Lipinski definition) is 0. The molecule has 5 nitrogen and oxygen atoms in total. The second-order valence-corrected chi connectivity index (χ2v) is 5.14. The molecule has 0 fully saturated rings. The number of hydrogen-bond acceptors (Lipinski definition) is 3. The maximum absolute atomic E-state index is 12.7. The average Bonchev–Trinajstić information content (AvgIpc) is 2.85. The number of amides is 1. The number of aromatic nitrogens is 1. The van der Waals surface area contributed by atoms with Crippen LogP contribution in [0.25, 0.3) is 0 Å². The van der Waals surface area contributed by atoms with Crippen molar-refractivity contribution < 1.29 is 22.4 Å². The minimum absolute atomic E-state index is 0.167. The van der Waals surface area contributed by atoms with E-state index in [1.165, 1.54) is 11.9 Å². The van der Waals surface area contributed by atoms with Gasteiger partial charge in [-0.2, -0.15) is 13.2 Å². The van der Waals surface area contributed by atoms with Crippen LogP contribution >= 0.6 is 0 Å². The average molecular weight is 328 g/mol. The van der Waals surface area contributed by atoms with Gasteiger partial charge in [0.1, 0.15) is 18.1 Å². The van der Waals surface area contributed by atoms with Crippen LogP contribution in [-0.2, 0) is 24.1 Å². The minimum atomic E-state index is -4.57. The van der Waals surface area contributed by atoms with Gasteiger partial charge in [-0.15, -0.1) is 0 Å². The predicted octanol–water partition coefficient (Wildman–Crippen LogP) is 2.43. The number of aryl methyl sites for hydroxylation is 1. The van der Waals surface area contributed by atoms with E-state index in [-0.39, 0.29) is 6.54 Å². The molecule has 0 unspecified atom stereocenters. The largest absolute Gasteiger partial charge is 0.464 e. The number of halogens is 3. The third kappa shape index (κ3) is 4.24. The molecule has 0 spiro atoms. The molecular formula is C15H15F3N2O3. The molecule has 2 aromatic heterocycles. The maximum Gasteiger partial charge on any atom is 0.417 e. The Morgan fingerprint density at radius 2 is 1.96 bits per heavy atom. The number of nitrogens with zero attached hydrogens (tertiary/aromatic N) is 2. The van der Waals surface area contributed by atoms with Crippen molar-refractivity contribution >= 4 is 5.91 Å². The van der Waals surface area contributed by atoms with Gasteiger partial charge in [0.05, 0.1) is 12.1 Å². The fraction of sp³-hybridized carbons (Fsp3) is 0.333. The van der Waals surface area contributed by atoms with E-state index in [1.807, 2.05) is 0 Å². The van der Waals surface area contributed by atoms with Gasteiger partial charge in [-0.05, 0) is 25.1 Å². The third-order valence-corrected chi connectivity index (χ3v) is 3.23. The number of rotatable bonds is 4. The van der Waals surface area contributed by atoms with Gasteiger partial charge in [-0.1, -0.05) is 0 Å². The molecule has 0 aromatic carbocycles. The Kier molecular flexibility index (Phi) is 4.63. The van der Waals surface area contributed by atoms with Crippen LogP contribution in [0.3, 0.4) is 0 Å². The number of carbonyl (C=O) groups is 1. The SMILES string of the molecule is Cc1ccc(CN(C)C(=O)Cn2cc(C(F)(F)F)ccc2=O)o1. The summed E-state index contributed by atoms with van der Waals surface area (Å²) in [7, 11) is 1.48. The smallest absolute Gasteiger partial charge is 0.417 e. The number of alkyl halides is 3. The van der Waals surface area contributed by atoms with Crippen molar-refractivity contribution in [3.63, 3.8) is 0 Å². The van der Waals surface area contributed by atoms with Crippen molar-refractivity contribution in [2.24, 2.45) is 0 Å². The van der Waals surface area contributed by atoms with E-state index in [9.17, 15) is 22.8 Å². The van der Waals surface area contributed by atoms with E-state index in [0.29, 0.717) is 23.8 Å². The summed E-state index contributed by atoms with van der Waals surface area (Å²) in [6, 6.07) is 4.94. The Morgan fingerprint density at radius 3 is 2.52 bits per heavy atom. The first-order valence-corrected chi connectivity index (χ1v) is 6.74. The van der Waals surface area contributed by atoms with Gasteiger partial charge in [0, 0.05) is 19.3 Å². The summed E-state index contributed by atoms with van der Waals surface area (Å²) in [6.07, 6.45) is -3.93. The van der Waals surface area contributed by atoms with E-state index in [2.05, 4.69) is 0 Å². The summed E-state index contributed by atoms with van der Waals surface area (Å²) in [4.78, 5) is 25.0. The lowest BCUT2D eigenvalue weighted by Crippen LogP contribution is -2.33. The van der Waals surface area contributed by atoms with Crippen molar-refractivity contribution in [3.8, 4) is 0 Å². The summed E-state index contributed by atoms with van der Waals surface area (Å²) in [6.45, 7) is 1.45. The Labute approximate surface area is 129 Å². The highest BCUT2D eigenvalue weighted by molar-refractivity contribution is 5.75. The van der Waals surface area contributed by atoms with Crippen LogP contribution in [0.1, 0.15) is 17.1 Å². The normalized spacial score (nSPS) is 11.5. The Hall–Kier alpha value is -2.51. The standard InChI is InChI=1S/C15H15F3N2O3/c1-10-3-5-12(23-10)8-19(2)14(22)9-20-7-11(15(16,17)18)4-6-13(20)21/h3-7H,8-9H2,1-2H3. The fourth-order valence-electron chi connectivity index (χ4n) is 1.98. The molecule has 124 valence electrons. The highest BCUT2D eigenvalue weighted by Gasteiger charge is 2.31. The van der Waals surface area contributed by atoms with E-state index in [0.717, 1.165) is 10.6 Å². The minimum Gasteiger partial charge on any atom is -0.464 e. The van der Waals surface area contributed by atoms with Crippen LogP contribution in [-0.4, -0.2) is 22.4 Å². The van der Waals surface area contributed by atoms with Crippen molar-refractivity contribution in [1.82, 2.24) is 9.47 Å². The van der Waals surface area contributed by atoms with E-state index >= 15 is 0 Å². The summed E-state index contributed by atoms with van der Waals surface area (Å²) >= 11 is 0. The first-order valence-electron chi connectivity index (χ1n) is 6.74. The van der Waals surface area contributed by atoms with Crippen LogP contribution in [0.15, 0.2) is 39.7 Å². The van der Waals surface area contributed by atoms with Gasteiger partial charge < -0.3 is 13.9 Å². The van der Waals surface area contributed by atoms with Crippen LogP contribution in [0.5, 0.6) is 0 Å². The van der Waals surface area contributed by atoms with Gasteiger partial charge in [0.2, 0.25) is 5.91 Å². The molecule has 0 radical (unpaired) electrons. The molecule has 0 aliphatic heterocycles. The molecule has 1 amide bonds. The number of carbonyl (C=O) groups excluding carboxylic acids is 1. The lowest BCUT2D eigenvalue weighted by atomic mass is 10.2. The number of furan rings is 1. The fourth-order valence-corrected chi connectivity index (χ4v) is 1.98. The van der Waals surface area contributed by atoms with Crippen LogP contribution in [0.4, 0.5) is 13.2 Å². The summed E-state index contributed by atoms with van der Waals surface area (Å²) in [5.74, 6) is 0.741. The molecule has 2 aromatic rings. The van der Waals surface area contributed by atoms with E-state index in [4.69, 9.17) is 4.42 Å². The second kappa shape index (κ2) is 6.31. The molecule has 0 saturated heterocycles. The zero-order valence-electron chi connectivity index (χ0n) is 12.6. The highest BCUT2D eigenvalue weighted by Crippen LogP contribution is 2.28.